The summed E-state index contributed by atoms with van der Waals surface area (Å²) in [7, 11) is 0. The Morgan fingerprint density at radius 2 is 2.24 bits per heavy atom. The van der Waals surface area contributed by atoms with Crippen LogP contribution in [0.1, 0.15) is 39.5 Å². The van der Waals surface area contributed by atoms with Crippen molar-refractivity contribution in [3.63, 3.8) is 0 Å². The second-order valence-corrected chi connectivity index (χ2v) is 4.93. The zero-order valence-corrected chi connectivity index (χ0v) is 11.0. The van der Waals surface area contributed by atoms with Crippen LogP contribution in [0.5, 0.6) is 0 Å². The van der Waals surface area contributed by atoms with Gasteiger partial charge in [0.05, 0.1) is 6.10 Å². The van der Waals surface area contributed by atoms with E-state index in [4.69, 9.17) is 4.74 Å². The first kappa shape index (κ1) is 14.5. The average Bonchev–Trinajstić information content (AvgIpc) is 2.32. The standard InChI is InChI=1S/C13H25NO3/c1-3-4-5-8-17-10-13(16)14-7-6-11(2)12(15)9-14/h11-12,15H,3-10H2,1-2H3. The summed E-state index contributed by atoms with van der Waals surface area (Å²) in [6, 6.07) is 0. The molecule has 0 aliphatic carbocycles. The summed E-state index contributed by atoms with van der Waals surface area (Å²) in [5, 5.41) is 9.70. The fraction of sp³-hybridized carbons (Fsp3) is 0.923. The first-order valence-corrected chi connectivity index (χ1v) is 6.68. The molecule has 0 bridgehead atoms. The number of nitrogens with zero attached hydrogens (tertiary/aromatic N) is 1. The number of β-amino-alcohol motifs (C(OH)–C–C–N with tert-alkyl or cyclic N) is 1. The third-order valence-electron chi connectivity index (χ3n) is 3.39. The maximum Gasteiger partial charge on any atom is 0.248 e. The Hall–Kier alpha value is -0.610. The van der Waals surface area contributed by atoms with Crippen LogP contribution in [0, 0.1) is 5.92 Å². The summed E-state index contributed by atoms with van der Waals surface area (Å²) >= 11 is 0. The predicted octanol–water partition coefficient (Wildman–Crippen LogP) is 1.42. The zero-order chi connectivity index (χ0) is 12.7. The second-order valence-electron chi connectivity index (χ2n) is 4.93. The zero-order valence-electron chi connectivity index (χ0n) is 11.0. The van der Waals surface area contributed by atoms with Gasteiger partial charge in [-0.2, -0.15) is 0 Å². The van der Waals surface area contributed by atoms with Crippen molar-refractivity contribution in [2.45, 2.75) is 45.6 Å². The highest BCUT2D eigenvalue weighted by molar-refractivity contribution is 5.77. The summed E-state index contributed by atoms with van der Waals surface area (Å²) in [5.41, 5.74) is 0. The molecule has 4 heteroatoms. The molecule has 0 spiro atoms. The fourth-order valence-corrected chi connectivity index (χ4v) is 1.98. The Morgan fingerprint density at radius 3 is 2.88 bits per heavy atom. The van der Waals surface area contributed by atoms with Gasteiger partial charge in [-0.25, -0.2) is 0 Å². The van der Waals surface area contributed by atoms with E-state index in [-0.39, 0.29) is 18.6 Å². The lowest BCUT2D eigenvalue weighted by Crippen LogP contribution is -2.47. The molecule has 0 radical (unpaired) electrons. The fourth-order valence-electron chi connectivity index (χ4n) is 1.98. The first-order chi connectivity index (χ1) is 8.15. The van der Waals surface area contributed by atoms with Crippen LogP contribution in [-0.4, -0.2) is 48.3 Å². The Labute approximate surface area is 104 Å². The molecule has 2 unspecified atom stereocenters. The van der Waals surface area contributed by atoms with Gasteiger partial charge in [0.15, 0.2) is 0 Å². The highest BCUT2D eigenvalue weighted by Gasteiger charge is 2.26. The number of rotatable bonds is 6. The lowest BCUT2D eigenvalue weighted by molar-refractivity contribution is -0.140. The molecule has 1 rings (SSSR count). The van der Waals surface area contributed by atoms with Crippen molar-refractivity contribution in [1.29, 1.82) is 0 Å². The van der Waals surface area contributed by atoms with E-state index in [2.05, 4.69) is 6.92 Å². The maximum atomic E-state index is 11.8. The SMILES string of the molecule is CCCCCOCC(=O)N1CCC(C)C(O)C1. The van der Waals surface area contributed by atoms with E-state index in [9.17, 15) is 9.90 Å². The Morgan fingerprint density at radius 1 is 1.47 bits per heavy atom. The number of carbonyl (C=O) groups excluding carboxylic acids is 1. The minimum absolute atomic E-state index is 0.00690. The van der Waals surface area contributed by atoms with E-state index in [1.165, 1.54) is 0 Å². The highest BCUT2D eigenvalue weighted by atomic mass is 16.5. The van der Waals surface area contributed by atoms with Crippen molar-refractivity contribution < 1.29 is 14.6 Å². The molecule has 17 heavy (non-hydrogen) atoms. The van der Waals surface area contributed by atoms with Gasteiger partial charge in [-0.15, -0.1) is 0 Å². The molecule has 1 fully saturated rings. The number of ether oxygens (including phenoxy) is 1. The molecule has 1 aliphatic rings. The monoisotopic (exact) mass is 243 g/mol. The van der Waals surface area contributed by atoms with Crippen LogP contribution >= 0.6 is 0 Å². The van der Waals surface area contributed by atoms with Crippen molar-refractivity contribution in [2.24, 2.45) is 5.92 Å². The summed E-state index contributed by atoms with van der Waals surface area (Å²) in [6.45, 7) is 6.18. The van der Waals surface area contributed by atoms with Crippen molar-refractivity contribution in [2.75, 3.05) is 26.3 Å². The van der Waals surface area contributed by atoms with Crippen molar-refractivity contribution >= 4 is 5.91 Å². The summed E-state index contributed by atoms with van der Waals surface area (Å²) in [5.74, 6) is 0.303. The lowest BCUT2D eigenvalue weighted by Gasteiger charge is -2.34. The number of hydrogen-bond acceptors (Lipinski definition) is 3. The quantitative estimate of drug-likeness (QED) is 0.718. The van der Waals surface area contributed by atoms with Gasteiger partial charge in [-0.3, -0.25) is 4.79 Å². The number of aliphatic hydroxyl groups is 1. The molecule has 1 aliphatic heterocycles. The van der Waals surface area contributed by atoms with Gasteiger partial charge in [-0.1, -0.05) is 26.7 Å². The van der Waals surface area contributed by atoms with Crippen molar-refractivity contribution in [3.05, 3.63) is 0 Å². The molecule has 0 saturated carbocycles. The van der Waals surface area contributed by atoms with Gasteiger partial charge in [0.2, 0.25) is 5.91 Å². The largest absolute Gasteiger partial charge is 0.391 e. The van der Waals surface area contributed by atoms with Crippen LogP contribution in [0.4, 0.5) is 0 Å². The molecule has 100 valence electrons. The van der Waals surface area contributed by atoms with Crippen LogP contribution in [-0.2, 0) is 9.53 Å². The predicted molar refractivity (Wildman–Crippen MR) is 66.7 cm³/mol. The van der Waals surface area contributed by atoms with Gasteiger partial charge in [-0.05, 0) is 18.8 Å². The van der Waals surface area contributed by atoms with Gasteiger partial charge in [0.25, 0.3) is 0 Å². The van der Waals surface area contributed by atoms with Crippen LogP contribution in [0.3, 0.4) is 0 Å². The third-order valence-corrected chi connectivity index (χ3v) is 3.39. The van der Waals surface area contributed by atoms with Crippen LogP contribution in [0.15, 0.2) is 0 Å². The number of hydrogen-bond donors (Lipinski definition) is 1. The smallest absolute Gasteiger partial charge is 0.248 e. The molecule has 1 saturated heterocycles. The van der Waals surface area contributed by atoms with E-state index < -0.39 is 0 Å². The van der Waals surface area contributed by atoms with Gasteiger partial charge in [0, 0.05) is 19.7 Å². The number of carbonyl (C=O) groups is 1. The molecule has 0 aromatic heterocycles. The van der Waals surface area contributed by atoms with Gasteiger partial charge in [0.1, 0.15) is 6.61 Å². The Bertz CT molecular complexity index is 233. The minimum Gasteiger partial charge on any atom is -0.391 e. The molecule has 0 aromatic carbocycles. The minimum atomic E-state index is -0.382. The lowest BCUT2D eigenvalue weighted by atomic mass is 9.96. The van der Waals surface area contributed by atoms with E-state index in [0.29, 0.717) is 19.1 Å². The molecular weight excluding hydrogens is 218 g/mol. The maximum absolute atomic E-state index is 11.8. The number of likely N-dealkylation sites (tertiary alicyclic amines) is 1. The molecule has 0 aromatic rings. The molecule has 1 amide bonds. The molecule has 1 heterocycles. The van der Waals surface area contributed by atoms with Crippen LogP contribution < -0.4 is 0 Å². The van der Waals surface area contributed by atoms with E-state index in [1.807, 2.05) is 6.92 Å². The normalized spacial score (nSPS) is 25.0. The molecule has 4 nitrogen and oxygen atoms in total. The van der Waals surface area contributed by atoms with E-state index in [0.717, 1.165) is 32.2 Å². The molecule has 2 atom stereocenters. The number of amides is 1. The summed E-state index contributed by atoms with van der Waals surface area (Å²) < 4.78 is 5.34. The van der Waals surface area contributed by atoms with Gasteiger partial charge >= 0.3 is 0 Å². The summed E-state index contributed by atoms with van der Waals surface area (Å²) in [6.07, 6.45) is 3.82. The number of piperidine rings is 1. The Kier molecular flexibility index (Phi) is 6.52. The number of unbranched alkanes of at least 4 members (excludes halogenated alkanes) is 2. The topological polar surface area (TPSA) is 49.8 Å². The molecule has 1 N–H and O–H groups in total. The van der Waals surface area contributed by atoms with Crippen LogP contribution in [0.2, 0.25) is 0 Å². The number of aliphatic hydroxyl groups excluding tert-OH is 1. The summed E-state index contributed by atoms with van der Waals surface area (Å²) in [4.78, 5) is 13.5. The van der Waals surface area contributed by atoms with Crippen LogP contribution in [0.25, 0.3) is 0 Å². The first-order valence-electron chi connectivity index (χ1n) is 6.68. The average molecular weight is 243 g/mol. The van der Waals surface area contributed by atoms with Crippen molar-refractivity contribution in [1.82, 2.24) is 4.90 Å². The highest BCUT2D eigenvalue weighted by Crippen LogP contribution is 2.16. The third kappa shape index (κ3) is 5.04. The molecular formula is C13H25NO3. The second kappa shape index (κ2) is 7.67. The van der Waals surface area contributed by atoms with Gasteiger partial charge < -0.3 is 14.7 Å². The Balaban J connectivity index is 2.15. The van der Waals surface area contributed by atoms with Crippen molar-refractivity contribution in [3.8, 4) is 0 Å². The van der Waals surface area contributed by atoms with E-state index >= 15 is 0 Å². The van der Waals surface area contributed by atoms with E-state index in [1.54, 1.807) is 4.90 Å².